The maximum absolute atomic E-state index is 15.0. The lowest BCUT2D eigenvalue weighted by atomic mass is 9.98. The summed E-state index contributed by atoms with van der Waals surface area (Å²) in [5, 5.41) is 4.91. The SMILES string of the molecule is COC(=O)CC1COc2cc(O[C@@H]3CCc4c(Oc5ccc6c(C)noc6c5)ccc(F)c43)ccc21. The number of carbonyl (C=O) groups excluding carboxylic acids is 1. The summed E-state index contributed by atoms with van der Waals surface area (Å²) < 4.78 is 43.2. The molecule has 8 heteroatoms. The van der Waals surface area contributed by atoms with Crippen LogP contribution in [-0.4, -0.2) is 24.8 Å². The number of aromatic nitrogens is 1. The molecule has 3 aromatic carbocycles. The first-order valence-electron chi connectivity index (χ1n) is 11.9. The Morgan fingerprint density at radius 2 is 2.00 bits per heavy atom. The molecule has 2 aliphatic rings. The van der Waals surface area contributed by atoms with Crippen LogP contribution in [0.25, 0.3) is 11.0 Å². The number of hydrogen-bond donors (Lipinski definition) is 0. The Labute approximate surface area is 206 Å². The van der Waals surface area contributed by atoms with Crippen LogP contribution in [0.1, 0.15) is 47.2 Å². The highest BCUT2D eigenvalue weighted by atomic mass is 19.1. The molecular formula is C28H24FNO6. The molecule has 0 N–H and O–H groups in total. The van der Waals surface area contributed by atoms with Crippen LogP contribution in [-0.2, 0) is 16.0 Å². The number of hydrogen-bond acceptors (Lipinski definition) is 7. The molecule has 1 aromatic heterocycles. The van der Waals surface area contributed by atoms with Crippen molar-refractivity contribution >= 4 is 16.9 Å². The number of rotatable bonds is 6. The highest BCUT2D eigenvalue weighted by Gasteiger charge is 2.32. The molecule has 0 bridgehead atoms. The van der Waals surface area contributed by atoms with Crippen LogP contribution in [0.3, 0.4) is 0 Å². The molecule has 7 nitrogen and oxygen atoms in total. The number of nitrogens with zero attached hydrogens (tertiary/aromatic N) is 1. The molecule has 184 valence electrons. The van der Waals surface area contributed by atoms with Crippen molar-refractivity contribution in [3.8, 4) is 23.0 Å². The topological polar surface area (TPSA) is 80.0 Å². The van der Waals surface area contributed by atoms with Gasteiger partial charge in [-0.15, -0.1) is 0 Å². The molecule has 0 radical (unpaired) electrons. The zero-order valence-corrected chi connectivity index (χ0v) is 19.9. The number of aryl methyl sites for hydroxylation is 1. The summed E-state index contributed by atoms with van der Waals surface area (Å²) in [7, 11) is 1.38. The van der Waals surface area contributed by atoms with E-state index in [0.717, 1.165) is 22.2 Å². The van der Waals surface area contributed by atoms with Crippen LogP contribution >= 0.6 is 0 Å². The summed E-state index contributed by atoms with van der Waals surface area (Å²) in [6.07, 6.45) is 1.06. The van der Waals surface area contributed by atoms with Gasteiger partial charge in [0.15, 0.2) is 5.58 Å². The fourth-order valence-electron chi connectivity index (χ4n) is 5.04. The second-order valence-corrected chi connectivity index (χ2v) is 9.10. The third kappa shape index (κ3) is 3.92. The van der Waals surface area contributed by atoms with Gasteiger partial charge in [-0.2, -0.15) is 0 Å². The highest BCUT2D eigenvalue weighted by molar-refractivity contribution is 5.80. The van der Waals surface area contributed by atoms with E-state index >= 15 is 0 Å². The third-order valence-corrected chi connectivity index (χ3v) is 6.87. The number of methoxy groups -OCH3 is 1. The van der Waals surface area contributed by atoms with Crippen molar-refractivity contribution in [2.24, 2.45) is 0 Å². The van der Waals surface area contributed by atoms with E-state index in [0.29, 0.717) is 53.6 Å². The van der Waals surface area contributed by atoms with Crippen molar-refractivity contribution in [3.05, 3.63) is 76.7 Å². The van der Waals surface area contributed by atoms with Gasteiger partial charge in [-0.05, 0) is 50.1 Å². The van der Waals surface area contributed by atoms with Gasteiger partial charge < -0.3 is 23.5 Å². The maximum atomic E-state index is 15.0. The standard InChI is InChI=1S/C28H24FNO6/c1-15-19-5-3-18(13-26(19)36-30-15)34-23-10-8-22(29)28-21(23)7-9-24(28)35-17-4-6-20-16(11-27(31)32-2)14-33-25(20)12-17/h3-6,8,10,12-13,16,24H,7,9,11,14H2,1-2H3/t16?,24-/m1/s1. The minimum Gasteiger partial charge on any atom is -0.492 e. The van der Waals surface area contributed by atoms with Crippen LogP contribution in [0.4, 0.5) is 4.39 Å². The lowest BCUT2D eigenvalue weighted by Gasteiger charge is -2.17. The normalized spacial score (nSPS) is 18.0. The van der Waals surface area contributed by atoms with E-state index in [1.807, 2.05) is 31.2 Å². The minimum absolute atomic E-state index is 0.0500. The van der Waals surface area contributed by atoms with Gasteiger partial charge in [-0.3, -0.25) is 4.79 Å². The Bertz CT molecular complexity index is 1480. The van der Waals surface area contributed by atoms with Gasteiger partial charge in [-0.1, -0.05) is 11.2 Å². The van der Waals surface area contributed by atoms with Crippen molar-refractivity contribution in [2.45, 2.75) is 38.2 Å². The Morgan fingerprint density at radius 1 is 1.14 bits per heavy atom. The number of carbonyl (C=O) groups is 1. The molecule has 0 spiro atoms. The fourth-order valence-corrected chi connectivity index (χ4v) is 5.04. The molecule has 4 aromatic rings. The molecule has 1 aliphatic carbocycles. The van der Waals surface area contributed by atoms with E-state index < -0.39 is 6.10 Å². The predicted molar refractivity (Wildman–Crippen MR) is 128 cm³/mol. The molecule has 6 rings (SSSR count). The van der Waals surface area contributed by atoms with Crippen LogP contribution in [0, 0.1) is 12.7 Å². The molecule has 2 heterocycles. The molecule has 0 amide bonds. The predicted octanol–water partition coefficient (Wildman–Crippen LogP) is 6.17. The lowest BCUT2D eigenvalue weighted by Crippen LogP contribution is -2.09. The third-order valence-electron chi connectivity index (χ3n) is 6.87. The van der Waals surface area contributed by atoms with Crippen molar-refractivity contribution in [1.82, 2.24) is 5.16 Å². The van der Waals surface area contributed by atoms with Gasteiger partial charge in [0.1, 0.15) is 34.9 Å². The van der Waals surface area contributed by atoms with Crippen LogP contribution in [0.2, 0.25) is 0 Å². The molecule has 1 unspecified atom stereocenters. The summed E-state index contributed by atoms with van der Waals surface area (Å²) in [5.41, 5.74) is 3.70. The highest BCUT2D eigenvalue weighted by Crippen LogP contribution is 2.44. The average Bonchev–Trinajstić information content (AvgIpc) is 3.59. The van der Waals surface area contributed by atoms with Crippen LogP contribution in [0.15, 0.2) is 53.1 Å². The Morgan fingerprint density at radius 3 is 2.86 bits per heavy atom. The van der Waals surface area contributed by atoms with E-state index in [-0.39, 0.29) is 24.1 Å². The number of ether oxygens (including phenoxy) is 4. The van der Waals surface area contributed by atoms with Crippen molar-refractivity contribution < 1.29 is 32.7 Å². The van der Waals surface area contributed by atoms with Gasteiger partial charge in [0.05, 0.1) is 25.8 Å². The first kappa shape index (κ1) is 22.4. The fraction of sp³-hybridized carbons (Fsp3) is 0.286. The largest absolute Gasteiger partial charge is 0.492 e. The summed E-state index contributed by atoms with van der Waals surface area (Å²) in [4.78, 5) is 11.7. The zero-order valence-electron chi connectivity index (χ0n) is 19.9. The monoisotopic (exact) mass is 489 g/mol. The maximum Gasteiger partial charge on any atom is 0.306 e. The minimum atomic E-state index is -0.451. The van der Waals surface area contributed by atoms with Crippen molar-refractivity contribution in [3.63, 3.8) is 0 Å². The summed E-state index contributed by atoms with van der Waals surface area (Å²) in [6.45, 7) is 2.29. The van der Waals surface area contributed by atoms with Gasteiger partial charge in [0.2, 0.25) is 0 Å². The van der Waals surface area contributed by atoms with E-state index in [1.54, 1.807) is 18.2 Å². The average molecular weight is 489 g/mol. The first-order valence-corrected chi connectivity index (χ1v) is 11.9. The van der Waals surface area contributed by atoms with Gasteiger partial charge >= 0.3 is 5.97 Å². The summed E-state index contributed by atoms with van der Waals surface area (Å²) in [6, 6.07) is 14.1. The second-order valence-electron chi connectivity index (χ2n) is 9.10. The Hall–Kier alpha value is -4.07. The quantitative estimate of drug-likeness (QED) is 0.300. The molecule has 0 saturated heterocycles. The summed E-state index contributed by atoms with van der Waals surface area (Å²) in [5.74, 6) is 1.80. The lowest BCUT2D eigenvalue weighted by molar-refractivity contribution is -0.141. The number of halogens is 1. The Kier molecular flexibility index (Phi) is 5.51. The molecule has 1 aliphatic heterocycles. The van der Waals surface area contributed by atoms with Gasteiger partial charge in [0.25, 0.3) is 0 Å². The second kappa shape index (κ2) is 8.86. The Balaban J connectivity index is 1.22. The number of benzene rings is 3. The molecule has 0 fully saturated rings. The van der Waals surface area contributed by atoms with Crippen molar-refractivity contribution in [1.29, 1.82) is 0 Å². The summed E-state index contributed by atoms with van der Waals surface area (Å²) >= 11 is 0. The molecule has 36 heavy (non-hydrogen) atoms. The smallest absolute Gasteiger partial charge is 0.306 e. The van der Waals surface area contributed by atoms with Gasteiger partial charge in [0, 0.05) is 40.1 Å². The van der Waals surface area contributed by atoms with E-state index in [9.17, 15) is 9.18 Å². The molecule has 0 saturated carbocycles. The van der Waals surface area contributed by atoms with E-state index in [1.165, 1.54) is 13.2 Å². The van der Waals surface area contributed by atoms with Crippen LogP contribution in [0.5, 0.6) is 23.0 Å². The molecular weight excluding hydrogens is 465 g/mol. The van der Waals surface area contributed by atoms with Crippen molar-refractivity contribution in [2.75, 3.05) is 13.7 Å². The molecule has 2 atom stereocenters. The van der Waals surface area contributed by atoms with Gasteiger partial charge in [-0.25, -0.2) is 4.39 Å². The number of fused-ring (bicyclic) bond motifs is 3. The van der Waals surface area contributed by atoms with E-state index in [2.05, 4.69) is 5.16 Å². The van der Waals surface area contributed by atoms with Crippen LogP contribution < -0.4 is 14.2 Å². The first-order chi connectivity index (χ1) is 17.5. The number of esters is 1. The van der Waals surface area contributed by atoms with E-state index in [4.69, 9.17) is 23.5 Å². The zero-order chi connectivity index (χ0) is 24.8.